The highest BCUT2D eigenvalue weighted by molar-refractivity contribution is 5.72. The van der Waals surface area contributed by atoms with Gasteiger partial charge in [0.2, 0.25) is 0 Å². The fraction of sp³-hybridized carbons (Fsp3) is 0.500. The molecule has 13 heavy (non-hydrogen) atoms. The maximum atomic E-state index is 10.4. The summed E-state index contributed by atoms with van der Waals surface area (Å²) in [6.07, 6.45) is 3.56. The monoisotopic (exact) mass is 183 g/mol. The first kappa shape index (κ1) is 9.73. The van der Waals surface area contributed by atoms with Gasteiger partial charge in [0, 0.05) is 25.4 Å². The van der Waals surface area contributed by atoms with Crippen LogP contribution in [0.3, 0.4) is 0 Å². The first-order valence-corrected chi connectivity index (χ1v) is 4.03. The third-order valence-electron chi connectivity index (χ3n) is 1.74. The summed E-state index contributed by atoms with van der Waals surface area (Å²) in [5, 5.41) is 15.4. The zero-order valence-electron chi connectivity index (χ0n) is 7.69. The van der Waals surface area contributed by atoms with E-state index in [0.717, 1.165) is 5.56 Å². The van der Waals surface area contributed by atoms with E-state index in [1.165, 1.54) is 0 Å². The number of carbonyl (C=O) groups is 1. The summed E-state index contributed by atoms with van der Waals surface area (Å²) in [6, 6.07) is -0.528. The van der Waals surface area contributed by atoms with Crippen LogP contribution in [0.15, 0.2) is 12.4 Å². The van der Waals surface area contributed by atoms with Crippen LogP contribution in [0.4, 0.5) is 0 Å². The molecule has 0 radical (unpaired) electrons. The van der Waals surface area contributed by atoms with Gasteiger partial charge >= 0.3 is 5.97 Å². The molecule has 0 unspecified atom stereocenters. The van der Waals surface area contributed by atoms with Crippen LogP contribution >= 0.6 is 0 Å². The molecule has 0 bridgehead atoms. The van der Waals surface area contributed by atoms with Crippen LogP contribution in [0, 0.1) is 0 Å². The van der Waals surface area contributed by atoms with E-state index in [-0.39, 0.29) is 0 Å². The van der Waals surface area contributed by atoms with E-state index >= 15 is 0 Å². The molecule has 0 spiro atoms. The van der Waals surface area contributed by atoms with Crippen LogP contribution in [0.25, 0.3) is 0 Å². The number of nitrogens with zero attached hydrogens (tertiary/aromatic N) is 2. The van der Waals surface area contributed by atoms with Crippen molar-refractivity contribution in [2.45, 2.75) is 19.5 Å². The van der Waals surface area contributed by atoms with Crippen molar-refractivity contribution in [1.82, 2.24) is 15.1 Å². The van der Waals surface area contributed by atoms with E-state index in [1.807, 2.05) is 13.2 Å². The van der Waals surface area contributed by atoms with Gasteiger partial charge in [-0.15, -0.1) is 0 Å². The van der Waals surface area contributed by atoms with E-state index in [2.05, 4.69) is 10.4 Å². The lowest BCUT2D eigenvalue weighted by Gasteiger charge is -2.06. The fourth-order valence-electron chi connectivity index (χ4n) is 0.921. The van der Waals surface area contributed by atoms with Crippen molar-refractivity contribution in [1.29, 1.82) is 0 Å². The number of carboxylic acids is 1. The number of hydrogen-bond donors (Lipinski definition) is 2. The van der Waals surface area contributed by atoms with Crippen molar-refractivity contribution in [3.05, 3.63) is 18.0 Å². The molecule has 0 amide bonds. The van der Waals surface area contributed by atoms with Crippen molar-refractivity contribution < 1.29 is 9.90 Å². The minimum Gasteiger partial charge on any atom is -0.480 e. The van der Waals surface area contributed by atoms with Gasteiger partial charge in [-0.05, 0) is 6.92 Å². The lowest BCUT2D eigenvalue weighted by molar-refractivity contribution is -0.139. The van der Waals surface area contributed by atoms with E-state index < -0.39 is 12.0 Å². The van der Waals surface area contributed by atoms with E-state index in [4.69, 9.17) is 5.11 Å². The fourth-order valence-corrected chi connectivity index (χ4v) is 0.921. The van der Waals surface area contributed by atoms with Gasteiger partial charge in [0.15, 0.2) is 0 Å². The number of rotatable bonds is 4. The molecular weight excluding hydrogens is 170 g/mol. The Hall–Kier alpha value is -1.36. The topological polar surface area (TPSA) is 67.2 Å². The van der Waals surface area contributed by atoms with E-state index in [9.17, 15) is 4.79 Å². The van der Waals surface area contributed by atoms with Gasteiger partial charge in [-0.3, -0.25) is 9.48 Å². The highest BCUT2D eigenvalue weighted by Crippen LogP contribution is 1.95. The minimum absolute atomic E-state index is 0.528. The minimum atomic E-state index is -0.844. The number of aromatic nitrogens is 2. The number of nitrogens with one attached hydrogen (secondary N) is 1. The van der Waals surface area contributed by atoms with Gasteiger partial charge in [-0.2, -0.15) is 5.10 Å². The average Bonchev–Trinajstić information content (AvgIpc) is 2.47. The number of carboxylic acid groups (broad SMARTS) is 1. The van der Waals surface area contributed by atoms with Crippen molar-refractivity contribution in [3.8, 4) is 0 Å². The molecule has 0 fully saturated rings. The summed E-state index contributed by atoms with van der Waals surface area (Å²) >= 11 is 0. The second kappa shape index (κ2) is 4.04. The van der Waals surface area contributed by atoms with Crippen LogP contribution in [0.2, 0.25) is 0 Å². The van der Waals surface area contributed by atoms with Crippen molar-refractivity contribution in [3.63, 3.8) is 0 Å². The lowest BCUT2D eigenvalue weighted by Crippen LogP contribution is -2.32. The Labute approximate surface area is 76.4 Å². The zero-order chi connectivity index (χ0) is 9.84. The number of aryl methyl sites for hydroxylation is 1. The van der Waals surface area contributed by atoms with Gasteiger partial charge < -0.3 is 10.4 Å². The second-order valence-corrected chi connectivity index (χ2v) is 2.96. The van der Waals surface area contributed by atoms with Crippen LogP contribution in [-0.4, -0.2) is 26.9 Å². The first-order valence-electron chi connectivity index (χ1n) is 4.03. The maximum Gasteiger partial charge on any atom is 0.320 e. The summed E-state index contributed by atoms with van der Waals surface area (Å²) < 4.78 is 1.68. The van der Waals surface area contributed by atoms with Crippen LogP contribution in [0.1, 0.15) is 12.5 Å². The molecule has 1 aromatic rings. The molecule has 0 saturated heterocycles. The van der Waals surface area contributed by atoms with Gasteiger partial charge in [0.25, 0.3) is 0 Å². The molecule has 0 aliphatic carbocycles. The highest BCUT2D eigenvalue weighted by Gasteiger charge is 2.09. The quantitative estimate of drug-likeness (QED) is 0.688. The summed E-state index contributed by atoms with van der Waals surface area (Å²) in [6.45, 7) is 2.14. The first-order chi connectivity index (χ1) is 6.09. The zero-order valence-corrected chi connectivity index (χ0v) is 7.69. The Bertz CT molecular complexity index is 295. The summed E-state index contributed by atoms with van der Waals surface area (Å²) in [5.74, 6) is -0.844. The number of hydrogen-bond acceptors (Lipinski definition) is 3. The predicted molar refractivity (Wildman–Crippen MR) is 47.1 cm³/mol. The molecule has 2 N–H and O–H groups in total. The van der Waals surface area contributed by atoms with Gasteiger partial charge in [0.1, 0.15) is 6.04 Å². The molecule has 72 valence electrons. The molecule has 5 nitrogen and oxygen atoms in total. The molecule has 1 aromatic heterocycles. The molecule has 0 aliphatic rings. The maximum absolute atomic E-state index is 10.4. The smallest absolute Gasteiger partial charge is 0.320 e. The molecular formula is C8H13N3O2. The third-order valence-corrected chi connectivity index (χ3v) is 1.74. The van der Waals surface area contributed by atoms with E-state index in [1.54, 1.807) is 17.8 Å². The van der Waals surface area contributed by atoms with Crippen LogP contribution in [0.5, 0.6) is 0 Å². The Morgan fingerprint density at radius 2 is 2.54 bits per heavy atom. The molecule has 1 atom stereocenters. The van der Waals surface area contributed by atoms with Gasteiger partial charge in [-0.25, -0.2) is 0 Å². The second-order valence-electron chi connectivity index (χ2n) is 2.96. The van der Waals surface area contributed by atoms with Gasteiger partial charge in [-0.1, -0.05) is 0 Å². The SMILES string of the molecule is C[C@@H](NCc1cnn(C)c1)C(=O)O. The predicted octanol–water partition coefficient (Wildman–Crippen LogP) is -0.0172. The number of aliphatic carboxylic acids is 1. The van der Waals surface area contributed by atoms with Crippen LogP contribution < -0.4 is 5.32 Å². The van der Waals surface area contributed by atoms with Crippen molar-refractivity contribution >= 4 is 5.97 Å². The van der Waals surface area contributed by atoms with Crippen molar-refractivity contribution in [2.24, 2.45) is 7.05 Å². The molecule has 1 rings (SSSR count). The summed E-state index contributed by atoms with van der Waals surface area (Å²) in [5.41, 5.74) is 0.982. The normalized spacial score (nSPS) is 12.8. The Morgan fingerprint density at radius 1 is 1.85 bits per heavy atom. The Kier molecular flexibility index (Phi) is 3.02. The van der Waals surface area contributed by atoms with Crippen molar-refractivity contribution in [2.75, 3.05) is 0 Å². The Morgan fingerprint density at radius 3 is 3.00 bits per heavy atom. The molecule has 0 aromatic carbocycles. The molecule has 0 aliphatic heterocycles. The van der Waals surface area contributed by atoms with E-state index in [0.29, 0.717) is 6.54 Å². The standard InChI is InChI=1S/C8H13N3O2/c1-6(8(12)13)9-3-7-4-10-11(2)5-7/h4-6,9H,3H2,1-2H3,(H,12,13)/t6-/m1/s1. The largest absolute Gasteiger partial charge is 0.480 e. The van der Waals surface area contributed by atoms with Crippen LogP contribution in [-0.2, 0) is 18.4 Å². The lowest BCUT2D eigenvalue weighted by atomic mass is 10.3. The summed E-state index contributed by atoms with van der Waals surface area (Å²) in [7, 11) is 1.82. The molecule has 0 saturated carbocycles. The molecule has 5 heteroatoms. The Balaban J connectivity index is 2.39. The average molecular weight is 183 g/mol. The third kappa shape index (κ3) is 2.87. The summed E-state index contributed by atoms with van der Waals surface area (Å²) in [4.78, 5) is 10.4. The highest BCUT2D eigenvalue weighted by atomic mass is 16.4. The molecule has 1 heterocycles. The van der Waals surface area contributed by atoms with Gasteiger partial charge in [0.05, 0.1) is 6.20 Å².